The molecule has 0 radical (unpaired) electrons. The van der Waals surface area contributed by atoms with Crippen LogP contribution in [0, 0.1) is 0 Å². The van der Waals surface area contributed by atoms with E-state index < -0.39 is 5.54 Å². The van der Waals surface area contributed by atoms with Crippen LogP contribution in [0.5, 0.6) is 0 Å². The van der Waals surface area contributed by atoms with Gasteiger partial charge in [0.05, 0.1) is 5.54 Å². The van der Waals surface area contributed by atoms with Gasteiger partial charge in [0.25, 0.3) is 0 Å². The van der Waals surface area contributed by atoms with Crippen molar-refractivity contribution in [2.45, 2.75) is 45.1 Å². The Morgan fingerprint density at radius 2 is 1.94 bits per heavy atom. The predicted octanol–water partition coefficient (Wildman–Crippen LogP) is 0.243. The Hall–Kier alpha value is -1.10. The molecule has 0 aromatic rings. The Bertz CT molecular complexity index is 283. The van der Waals surface area contributed by atoms with Crippen molar-refractivity contribution in [3.05, 3.63) is 0 Å². The third kappa shape index (κ3) is 4.00. The molecule has 1 aliphatic heterocycles. The minimum atomic E-state index is -0.837. The third-order valence-corrected chi connectivity index (χ3v) is 3.34. The zero-order chi connectivity index (χ0) is 12.9. The Kier molecular flexibility index (Phi) is 4.93. The second-order valence-electron chi connectivity index (χ2n) is 4.86. The molecule has 0 spiro atoms. The van der Waals surface area contributed by atoms with Crippen molar-refractivity contribution in [3.63, 3.8) is 0 Å². The van der Waals surface area contributed by atoms with E-state index in [9.17, 15) is 9.59 Å². The molecule has 5 nitrogen and oxygen atoms in total. The van der Waals surface area contributed by atoms with Crippen molar-refractivity contribution in [1.29, 1.82) is 0 Å². The molecule has 1 heterocycles. The van der Waals surface area contributed by atoms with Crippen molar-refractivity contribution < 1.29 is 9.59 Å². The summed E-state index contributed by atoms with van der Waals surface area (Å²) in [6.07, 6.45) is 3.13. The normalized spacial score (nSPS) is 18.9. The van der Waals surface area contributed by atoms with E-state index in [4.69, 9.17) is 5.73 Å². The number of nitrogens with zero attached hydrogens (tertiary/aromatic N) is 1. The molecule has 1 fully saturated rings. The van der Waals surface area contributed by atoms with Crippen LogP contribution in [0.1, 0.15) is 39.5 Å². The van der Waals surface area contributed by atoms with Gasteiger partial charge in [0.1, 0.15) is 0 Å². The summed E-state index contributed by atoms with van der Waals surface area (Å²) in [6, 6.07) is 0. The van der Waals surface area contributed by atoms with Crippen LogP contribution < -0.4 is 11.1 Å². The number of hydrogen-bond acceptors (Lipinski definition) is 3. The highest BCUT2D eigenvalue weighted by Crippen LogP contribution is 2.08. The Morgan fingerprint density at radius 1 is 1.35 bits per heavy atom. The first-order valence-corrected chi connectivity index (χ1v) is 6.32. The molecule has 98 valence electrons. The number of likely N-dealkylation sites (tertiary alicyclic amines) is 1. The minimum absolute atomic E-state index is 0.123. The molecule has 0 aliphatic carbocycles. The molecule has 1 atom stereocenters. The maximum absolute atomic E-state index is 11.7. The average Bonchev–Trinajstić information content (AvgIpc) is 2.82. The number of nitrogens with two attached hydrogens (primary N) is 1. The van der Waals surface area contributed by atoms with Crippen molar-refractivity contribution in [2.75, 3.05) is 19.6 Å². The topological polar surface area (TPSA) is 75.4 Å². The van der Waals surface area contributed by atoms with Crippen LogP contribution in [-0.4, -0.2) is 41.9 Å². The number of carbonyl (C=O) groups excluding carboxylic acids is 2. The van der Waals surface area contributed by atoms with Gasteiger partial charge in [-0.1, -0.05) is 6.92 Å². The molecule has 17 heavy (non-hydrogen) atoms. The maximum Gasteiger partial charge on any atom is 0.239 e. The van der Waals surface area contributed by atoms with Gasteiger partial charge < -0.3 is 16.0 Å². The van der Waals surface area contributed by atoms with Crippen LogP contribution in [0.15, 0.2) is 0 Å². The van der Waals surface area contributed by atoms with Gasteiger partial charge in [-0.3, -0.25) is 9.59 Å². The lowest BCUT2D eigenvalue weighted by molar-refractivity contribution is -0.130. The standard InChI is InChI=1S/C12H23N3O2/c1-3-12(2,13)11(17)14-7-6-10(16)15-8-4-5-9-15/h3-9,13H2,1-2H3,(H,14,17). The molecular weight excluding hydrogens is 218 g/mol. The third-order valence-electron chi connectivity index (χ3n) is 3.34. The molecule has 1 rings (SSSR count). The number of nitrogens with one attached hydrogen (secondary N) is 1. The summed E-state index contributed by atoms with van der Waals surface area (Å²) < 4.78 is 0. The number of amides is 2. The summed E-state index contributed by atoms with van der Waals surface area (Å²) in [5.41, 5.74) is 4.95. The largest absolute Gasteiger partial charge is 0.354 e. The first kappa shape index (κ1) is 14.0. The van der Waals surface area contributed by atoms with Crippen LogP contribution >= 0.6 is 0 Å². The monoisotopic (exact) mass is 241 g/mol. The van der Waals surface area contributed by atoms with Gasteiger partial charge in [-0.2, -0.15) is 0 Å². The van der Waals surface area contributed by atoms with E-state index in [2.05, 4.69) is 5.32 Å². The van der Waals surface area contributed by atoms with E-state index in [0.717, 1.165) is 25.9 Å². The zero-order valence-electron chi connectivity index (χ0n) is 10.8. The van der Waals surface area contributed by atoms with E-state index in [0.29, 0.717) is 19.4 Å². The van der Waals surface area contributed by atoms with Crippen molar-refractivity contribution in [1.82, 2.24) is 10.2 Å². The van der Waals surface area contributed by atoms with Crippen molar-refractivity contribution >= 4 is 11.8 Å². The Balaban J connectivity index is 2.23. The maximum atomic E-state index is 11.7. The molecule has 0 aromatic carbocycles. The molecule has 3 N–H and O–H groups in total. The second-order valence-corrected chi connectivity index (χ2v) is 4.86. The lowest BCUT2D eigenvalue weighted by Gasteiger charge is -2.22. The van der Waals surface area contributed by atoms with E-state index in [-0.39, 0.29) is 11.8 Å². The van der Waals surface area contributed by atoms with E-state index in [1.165, 1.54) is 0 Å². The highest BCUT2D eigenvalue weighted by molar-refractivity contribution is 5.86. The van der Waals surface area contributed by atoms with Crippen LogP contribution in [-0.2, 0) is 9.59 Å². The summed E-state index contributed by atoms with van der Waals surface area (Å²) in [5, 5.41) is 2.72. The molecule has 1 aliphatic rings. The summed E-state index contributed by atoms with van der Waals surface area (Å²) in [5.74, 6) is -0.0627. The van der Waals surface area contributed by atoms with Crippen LogP contribution in [0.2, 0.25) is 0 Å². The number of carbonyl (C=O) groups is 2. The lowest BCUT2D eigenvalue weighted by Crippen LogP contribution is -2.51. The fourth-order valence-electron chi connectivity index (χ4n) is 1.77. The fourth-order valence-corrected chi connectivity index (χ4v) is 1.77. The van der Waals surface area contributed by atoms with Gasteiger partial charge in [0, 0.05) is 26.1 Å². The van der Waals surface area contributed by atoms with Crippen molar-refractivity contribution in [2.24, 2.45) is 5.73 Å². The van der Waals surface area contributed by atoms with Gasteiger partial charge in [-0.15, -0.1) is 0 Å². The number of rotatable bonds is 5. The molecule has 1 saturated heterocycles. The SMILES string of the molecule is CCC(C)(N)C(=O)NCCC(=O)N1CCCC1. The molecule has 1 unspecified atom stereocenters. The van der Waals surface area contributed by atoms with Crippen molar-refractivity contribution in [3.8, 4) is 0 Å². The van der Waals surface area contributed by atoms with Gasteiger partial charge in [0.15, 0.2) is 0 Å². The van der Waals surface area contributed by atoms with Crippen LogP contribution in [0.3, 0.4) is 0 Å². The van der Waals surface area contributed by atoms with E-state index in [1.54, 1.807) is 6.92 Å². The summed E-state index contributed by atoms with van der Waals surface area (Å²) in [4.78, 5) is 25.2. The molecule has 5 heteroatoms. The van der Waals surface area contributed by atoms with E-state index in [1.807, 2.05) is 11.8 Å². The van der Waals surface area contributed by atoms with Gasteiger partial charge in [-0.25, -0.2) is 0 Å². The lowest BCUT2D eigenvalue weighted by atomic mass is 9.99. The molecule has 0 saturated carbocycles. The highest BCUT2D eigenvalue weighted by atomic mass is 16.2. The molecule has 0 aromatic heterocycles. The average molecular weight is 241 g/mol. The van der Waals surface area contributed by atoms with Gasteiger partial charge in [-0.05, 0) is 26.2 Å². The molecular formula is C12H23N3O2. The minimum Gasteiger partial charge on any atom is -0.354 e. The van der Waals surface area contributed by atoms with Crippen LogP contribution in [0.25, 0.3) is 0 Å². The fraction of sp³-hybridized carbons (Fsp3) is 0.833. The van der Waals surface area contributed by atoms with Crippen LogP contribution in [0.4, 0.5) is 0 Å². The first-order valence-electron chi connectivity index (χ1n) is 6.32. The molecule has 0 bridgehead atoms. The summed E-state index contributed by atoms with van der Waals surface area (Å²) in [6.45, 7) is 5.66. The highest BCUT2D eigenvalue weighted by Gasteiger charge is 2.25. The number of hydrogen-bond donors (Lipinski definition) is 2. The Labute approximate surface area is 103 Å². The Morgan fingerprint density at radius 3 is 2.47 bits per heavy atom. The van der Waals surface area contributed by atoms with E-state index >= 15 is 0 Å². The summed E-state index contributed by atoms with van der Waals surface area (Å²) >= 11 is 0. The first-order chi connectivity index (χ1) is 7.97. The molecule has 2 amide bonds. The smallest absolute Gasteiger partial charge is 0.239 e. The zero-order valence-corrected chi connectivity index (χ0v) is 10.8. The van der Waals surface area contributed by atoms with Gasteiger partial charge in [0.2, 0.25) is 11.8 Å². The summed E-state index contributed by atoms with van der Waals surface area (Å²) in [7, 11) is 0. The predicted molar refractivity (Wildman–Crippen MR) is 66.3 cm³/mol. The quantitative estimate of drug-likeness (QED) is 0.724. The second kappa shape index (κ2) is 6.00. The van der Waals surface area contributed by atoms with Gasteiger partial charge >= 0.3 is 0 Å².